The minimum Gasteiger partial charge on any atom is -0.497 e. The van der Waals surface area contributed by atoms with Gasteiger partial charge in [0.1, 0.15) is 17.1 Å². The van der Waals surface area contributed by atoms with E-state index in [-0.39, 0.29) is 11.7 Å². The van der Waals surface area contributed by atoms with Crippen molar-refractivity contribution in [2.45, 2.75) is 25.8 Å². The van der Waals surface area contributed by atoms with Gasteiger partial charge in [0.25, 0.3) is 0 Å². The molecule has 0 fully saturated rings. The third-order valence-corrected chi connectivity index (χ3v) is 5.78. The molecule has 4 rings (SSSR count). The van der Waals surface area contributed by atoms with Crippen LogP contribution in [0.15, 0.2) is 47.8 Å². The minimum absolute atomic E-state index is 0.102. The first kappa shape index (κ1) is 20.8. The molecule has 1 amide bonds. The van der Waals surface area contributed by atoms with Gasteiger partial charge < -0.3 is 10.1 Å². The first-order valence-corrected chi connectivity index (χ1v) is 10.7. The van der Waals surface area contributed by atoms with Gasteiger partial charge in [-0.25, -0.2) is 9.97 Å². The van der Waals surface area contributed by atoms with E-state index in [0.29, 0.717) is 16.2 Å². The van der Waals surface area contributed by atoms with Gasteiger partial charge >= 0.3 is 0 Å². The maximum Gasteiger partial charge on any atom is 0.234 e. The van der Waals surface area contributed by atoms with E-state index in [1.165, 1.54) is 23.7 Å². The molecule has 0 saturated heterocycles. The highest BCUT2D eigenvalue weighted by Crippen LogP contribution is 2.26. The van der Waals surface area contributed by atoms with Crippen molar-refractivity contribution in [2.75, 3.05) is 18.2 Å². The molecule has 0 spiro atoms. The van der Waals surface area contributed by atoms with Gasteiger partial charge in [0.05, 0.1) is 18.6 Å². The van der Waals surface area contributed by atoms with Gasteiger partial charge in [-0.2, -0.15) is 4.68 Å². The molecule has 1 N–H and O–H groups in total. The third kappa shape index (κ3) is 4.36. The molecule has 2 aromatic heterocycles. The van der Waals surface area contributed by atoms with E-state index in [9.17, 15) is 4.79 Å². The highest BCUT2D eigenvalue weighted by molar-refractivity contribution is 8.00. The smallest absolute Gasteiger partial charge is 0.234 e. The second-order valence-electron chi connectivity index (χ2n) is 7.16. The van der Waals surface area contributed by atoms with Gasteiger partial charge in [-0.1, -0.05) is 34.7 Å². The van der Waals surface area contributed by atoms with Crippen molar-refractivity contribution in [1.82, 2.24) is 25.0 Å². The Kier molecular flexibility index (Phi) is 5.85. The SMILES string of the molecule is COc1ccc(-n2nnc3c(SCC(=O)Nc4c(C)cc(C)cc4C)ncnc32)cc1. The number of anilines is 1. The molecule has 4 aromatic rings. The highest BCUT2D eigenvalue weighted by atomic mass is 32.2. The first-order valence-electron chi connectivity index (χ1n) is 9.67. The number of hydrogen-bond donors (Lipinski definition) is 1. The van der Waals surface area contributed by atoms with E-state index in [1.54, 1.807) is 11.8 Å². The molecule has 0 atom stereocenters. The van der Waals surface area contributed by atoms with Crippen molar-refractivity contribution in [3.8, 4) is 11.4 Å². The van der Waals surface area contributed by atoms with Crippen LogP contribution in [0.25, 0.3) is 16.9 Å². The Morgan fingerprint density at radius 3 is 2.48 bits per heavy atom. The molecule has 2 heterocycles. The second-order valence-corrected chi connectivity index (χ2v) is 8.12. The Morgan fingerprint density at radius 1 is 1.10 bits per heavy atom. The normalized spacial score (nSPS) is 11.0. The summed E-state index contributed by atoms with van der Waals surface area (Å²) in [5.41, 5.74) is 6.05. The minimum atomic E-state index is -0.102. The molecule has 0 aliphatic rings. The predicted molar refractivity (Wildman–Crippen MR) is 121 cm³/mol. The molecule has 0 saturated carbocycles. The van der Waals surface area contributed by atoms with Crippen LogP contribution in [0, 0.1) is 20.8 Å². The number of aryl methyl sites for hydroxylation is 3. The number of thioether (sulfide) groups is 1. The van der Waals surface area contributed by atoms with E-state index in [4.69, 9.17) is 4.74 Å². The van der Waals surface area contributed by atoms with Crippen LogP contribution in [0.2, 0.25) is 0 Å². The molecule has 0 radical (unpaired) electrons. The number of nitrogens with zero attached hydrogens (tertiary/aromatic N) is 5. The van der Waals surface area contributed by atoms with E-state index in [0.717, 1.165) is 28.3 Å². The van der Waals surface area contributed by atoms with Crippen LogP contribution < -0.4 is 10.1 Å². The second kappa shape index (κ2) is 8.73. The highest BCUT2D eigenvalue weighted by Gasteiger charge is 2.15. The largest absolute Gasteiger partial charge is 0.497 e. The molecule has 0 unspecified atom stereocenters. The van der Waals surface area contributed by atoms with Gasteiger partial charge in [-0.3, -0.25) is 4.79 Å². The zero-order valence-corrected chi connectivity index (χ0v) is 18.5. The van der Waals surface area contributed by atoms with Crippen molar-refractivity contribution in [2.24, 2.45) is 0 Å². The number of carbonyl (C=O) groups excluding carboxylic acids is 1. The number of carbonyl (C=O) groups is 1. The molecule has 0 aliphatic heterocycles. The fourth-order valence-electron chi connectivity index (χ4n) is 3.42. The molecule has 31 heavy (non-hydrogen) atoms. The number of aromatic nitrogens is 5. The molecule has 0 bridgehead atoms. The summed E-state index contributed by atoms with van der Waals surface area (Å²) < 4.78 is 6.84. The number of ether oxygens (including phenoxy) is 1. The third-order valence-electron chi connectivity index (χ3n) is 4.80. The maximum absolute atomic E-state index is 12.6. The van der Waals surface area contributed by atoms with Crippen molar-refractivity contribution in [1.29, 1.82) is 0 Å². The number of fused-ring (bicyclic) bond motifs is 1. The lowest BCUT2D eigenvalue weighted by atomic mass is 10.1. The molecule has 2 aromatic carbocycles. The summed E-state index contributed by atoms with van der Waals surface area (Å²) in [7, 11) is 1.62. The Morgan fingerprint density at radius 2 is 1.81 bits per heavy atom. The molecule has 158 valence electrons. The van der Waals surface area contributed by atoms with Gasteiger partial charge in [-0.15, -0.1) is 5.10 Å². The number of hydrogen-bond acceptors (Lipinski definition) is 7. The van der Waals surface area contributed by atoms with Gasteiger partial charge in [0.15, 0.2) is 11.2 Å². The summed E-state index contributed by atoms with van der Waals surface area (Å²) in [4.78, 5) is 21.2. The number of nitrogens with one attached hydrogen (secondary N) is 1. The molecule has 0 aliphatic carbocycles. The lowest BCUT2D eigenvalue weighted by Crippen LogP contribution is -2.16. The predicted octanol–water partition coefficient (Wildman–Crippen LogP) is 3.88. The molecule has 9 heteroatoms. The summed E-state index contributed by atoms with van der Waals surface area (Å²) in [5.74, 6) is 0.854. The van der Waals surface area contributed by atoms with Crippen LogP contribution in [0.5, 0.6) is 5.75 Å². The summed E-state index contributed by atoms with van der Waals surface area (Å²) in [5, 5.41) is 12.1. The van der Waals surface area contributed by atoms with Crippen LogP contribution in [0.4, 0.5) is 5.69 Å². The van der Waals surface area contributed by atoms with Crippen LogP contribution in [-0.4, -0.2) is 43.7 Å². The van der Waals surface area contributed by atoms with E-state index >= 15 is 0 Å². The van der Waals surface area contributed by atoms with Gasteiger partial charge in [-0.05, 0) is 56.2 Å². The van der Waals surface area contributed by atoms with E-state index in [2.05, 4.69) is 37.7 Å². The van der Waals surface area contributed by atoms with Gasteiger partial charge in [0, 0.05) is 5.69 Å². The van der Waals surface area contributed by atoms with Crippen molar-refractivity contribution in [3.05, 3.63) is 59.4 Å². The van der Waals surface area contributed by atoms with Crippen LogP contribution >= 0.6 is 11.8 Å². The summed E-state index contributed by atoms with van der Waals surface area (Å²) in [6.07, 6.45) is 1.46. The summed E-state index contributed by atoms with van der Waals surface area (Å²) in [6.45, 7) is 6.03. The standard InChI is InChI=1S/C22H22N6O2S/c1-13-9-14(2)19(15(3)10-13)25-18(29)11-31-22-20-21(23-12-24-22)28(27-26-20)16-5-7-17(30-4)8-6-16/h5-10,12H,11H2,1-4H3,(H,25,29). The van der Waals surface area contributed by atoms with E-state index in [1.807, 2.05) is 45.0 Å². The van der Waals surface area contributed by atoms with Crippen LogP contribution in [-0.2, 0) is 4.79 Å². The zero-order valence-electron chi connectivity index (χ0n) is 17.7. The Labute approximate surface area is 184 Å². The average Bonchev–Trinajstić information content (AvgIpc) is 3.19. The average molecular weight is 435 g/mol. The van der Waals surface area contributed by atoms with E-state index < -0.39 is 0 Å². The number of benzene rings is 2. The maximum atomic E-state index is 12.6. The van der Waals surface area contributed by atoms with Crippen LogP contribution in [0.1, 0.15) is 16.7 Å². The Hall–Kier alpha value is -3.46. The van der Waals surface area contributed by atoms with Gasteiger partial charge in [0.2, 0.25) is 5.91 Å². The van der Waals surface area contributed by atoms with Crippen molar-refractivity contribution < 1.29 is 9.53 Å². The lowest BCUT2D eigenvalue weighted by molar-refractivity contribution is -0.113. The zero-order chi connectivity index (χ0) is 22.0. The fraction of sp³-hybridized carbons (Fsp3) is 0.227. The summed E-state index contributed by atoms with van der Waals surface area (Å²) >= 11 is 1.31. The molecular formula is C22H22N6O2S. The fourth-order valence-corrected chi connectivity index (χ4v) is 4.15. The number of rotatable bonds is 6. The quantitative estimate of drug-likeness (QED) is 0.363. The van der Waals surface area contributed by atoms with Crippen LogP contribution in [0.3, 0.4) is 0 Å². The summed E-state index contributed by atoms with van der Waals surface area (Å²) in [6, 6.07) is 11.6. The van der Waals surface area contributed by atoms with Crippen molar-refractivity contribution in [3.63, 3.8) is 0 Å². The Balaban J connectivity index is 1.51. The number of methoxy groups -OCH3 is 1. The molecular weight excluding hydrogens is 412 g/mol. The lowest BCUT2D eigenvalue weighted by Gasteiger charge is -2.12. The molecule has 8 nitrogen and oxygen atoms in total. The number of amides is 1. The monoisotopic (exact) mass is 434 g/mol. The van der Waals surface area contributed by atoms with Crippen molar-refractivity contribution >= 4 is 34.5 Å². The first-order chi connectivity index (χ1) is 15.0. The Bertz CT molecular complexity index is 1230. The topological polar surface area (TPSA) is 94.8 Å².